The van der Waals surface area contributed by atoms with Crippen molar-refractivity contribution in [3.63, 3.8) is 0 Å². The van der Waals surface area contributed by atoms with Gasteiger partial charge >= 0.3 is 6.18 Å². The minimum atomic E-state index is -4.51. The van der Waals surface area contributed by atoms with Crippen molar-refractivity contribution in [3.8, 4) is 0 Å². The molecule has 4 aliphatic heterocycles. The topological polar surface area (TPSA) is 270 Å². The molecule has 7 aliphatic rings. The Bertz CT molecular complexity index is 2890. The molecule has 13 atom stereocenters. The number of carbonyl (C=O) groups excluding carboxylic acids is 12. The molecule has 1 spiro atoms. The highest BCUT2D eigenvalue weighted by Gasteiger charge is 2.52. The Labute approximate surface area is 576 Å². The largest absolute Gasteiger partial charge is 0.393 e. The van der Waals surface area contributed by atoms with E-state index >= 15 is 14.4 Å². The number of alkyl halides is 4. The van der Waals surface area contributed by atoms with Gasteiger partial charge < -0.3 is 60.0 Å². The lowest BCUT2D eigenvalue weighted by atomic mass is 9.78. The standard InChI is InChI=1S/C69H110ClF3N12O12/c1-14-42(6)56-65(95)78(9)43(7)60(90)85-34-28-50(85)63(93)80(11)52(37-45-22-23-45)62(92)77(8)39-54(86)74-48(27-25-44-24-26-46(47(70)36-44)69(71,72)73)61(91)84-33-20-21-49(84)59(89)76-68(29-16-17-30-68)67(97)82(13)57(41(4)5)66(96)81(12)53(64(94)83-31-18-15-19-32-83)38-55(87)79(10)51(35-40(2)3)58(88)75-56/h40-53,56-57H,14-39H2,1-13H3,(H,74,86)(H,75,88)(H,76,89)/t42-,43-,44?,46?,47?,48-,49-,50-,51-,52-,53-,56-,57-/m0/s1. The maximum absolute atomic E-state index is 15.4. The number of piperidine rings is 1. The van der Waals surface area contributed by atoms with Crippen molar-refractivity contribution >= 4 is 82.5 Å². The molecule has 12 amide bonds. The van der Waals surface area contributed by atoms with E-state index in [1.165, 1.54) is 83.5 Å². The molecule has 3 aliphatic carbocycles. The van der Waals surface area contributed by atoms with Crippen LogP contribution in [0, 0.1) is 35.5 Å². The predicted octanol–water partition coefficient (Wildman–Crippen LogP) is 4.92. The summed E-state index contributed by atoms with van der Waals surface area (Å²) < 4.78 is 41.9. The van der Waals surface area contributed by atoms with Gasteiger partial charge in [-0.25, -0.2) is 0 Å². The number of hydrogen-bond acceptors (Lipinski definition) is 12. The van der Waals surface area contributed by atoms with Gasteiger partial charge in [-0.2, -0.15) is 13.2 Å². The van der Waals surface area contributed by atoms with Crippen LogP contribution in [0.3, 0.4) is 0 Å². The van der Waals surface area contributed by atoms with Gasteiger partial charge in [-0.15, -0.1) is 11.6 Å². The molecule has 546 valence electrons. The first-order valence-corrected chi connectivity index (χ1v) is 36.1. The first-order chi connectivity index (χ1) is 45.5. The van der Waals surface area contributed by atoms with Gasteiger partial charge in [-0.3, -0.25) is 57.5 Å². The molecule has 3 N–H and O–H groups in total. The molecule has 0 aromatic heterocycles. The van der Waals surface area contributed by atoms with E-state index in [0.29, 0.717) is 51.6 Å². The van der Waals surface area contributed by atoms with Gasteiger partial charge in [0.05, 0.1) is 18.9 Å². The second kappa shape index (κ2) is 33.3. The zero-order chi connectivity index (χ0) is 71.9. The molecule has 3 saturated carbocycles. The molecule has 7 rings (SSSR count). The Kier molecular flexibility index (Phi) is 26.8. The van der Waals surface area contributed by atoms with Crippen LogP contribution >= 0.6 is 11.6 Å². The molecule has 4 heterocycles. The Morgan fingerprint density at radius 2 is 1.25 bits per heavy atom. The molecule has 0 aromatic rings. The first kappa shape index (κ1) is 78.1. The molecule has 0 radical (unpaired) electrons. The summed E-state index contributed by atoms with van der Waals surface area (Å²) >= 11 is 6.38. The van der Waals surface area contributed by atoms with E-state index in [4.69, 9.17) is 11.6 Å². The molecular formula is C69H110ClF3N12O12. The van der Waals surface area contributed by atoms with Crippen molar-refractivity contribution in [2.24, 2.45) is 35.5 Å². The van der Waals surface area contributed by atoms with Crippen LogP contribution in [0.5, 0.6) is 0 Å². The molecule has 3 unspecified atom stereocenters. The highest BCUT2D eigenvalue weighted by atomic mass is 35.5. The van der Waals surface area contributed by atoms with Crippen LogP contribution in [-0.4, -0.2) is 261 Å². The number of likely N-dealkylation sites (N-methyl/N-ethyl adjacent to an activating group) is 6. The number of hydrogen-bond donors (Lipinski definition) is 3. The van der Waals surface area contributed by atoms with Gasteiger partial charge in [0.15, 0.2) is 0 Å². The van der Waals surface area contributed by atoms with Gasteiger partial charge in [0.2, 0.25) is 70.9 Å². The Morgan fingerprint density at radius 3 is 1.81 bits per heavy atom. The second-order valence-corrected chi connectivity index (χ2v) is 30.6. The van der Waals surface area contributed by atoms with E-state index in [2.05, 4.69) is 16.0 Å². The molecule has 7 fully saturated rings. The van der Waals surface area contributed by atoms with Gasteiger partial charge in [0.1, 0.15) is 59.9 Å². The van der Waals surface area contributed by atoms with E-state index < -0.39 is 173 Å². The smallest absolute Gasteiger partial charge is 0.343 e. The average Bonchev–Trinajstić information content (AvgIpc) is 1.77. The zero-order valence-corrected chi connectivity index (χ0v) is 60.3. The van der Waals surface area contributed by atoms with Gasteiger partial charge in [-0.1, -0.05) is 73.6 Å². The van der Waals surface area contributed by atoms with Crippen LogP contribution in [0.25, 0.3) is 0 Å². The van der Waals surface area contributed by atoms with Crippen LogP contribution in [-0.2, 0) is 57.5 Å². The number of fused-ring (bicyclic) bond motifs is 2. The number of carbonyl (C=O) groups is 12. The summed E-state index contributed by atoms with van der Waals surface area (Å²) in [7, 11) is 8.61. The van der Waals surface area contributed by atoms with Crippen LogP contribution in [0.2, 0.25) is 0 Å². The summed E-state index contributed by atoms with van der Waals surface area (Å²) in [5.74, 6) is -10.7. The Morgan fingerprint density at radius 1 is 0.619 bits per heavy atom. The fourth-order valence-corrected chi connectivity index (χ4v) is 15.9. The summed E-state index contributed by atoms with van der Waals surface area (Å²) in [6.07, 6.45) is 1.76. The van der Waals surface area contributed by atoms with Crippen LogP contribution in [0.1, 0.15) is 183 Å². The lowest BCUT2D eigenvalue weighted by Crippen LogP contribution is -2.65. The average molecular weight is 1390 g/mol. The molecular weight excluding hydrogens is 1280 g/mol. The van der Waals surface area contributed by atoms with Crippen molar-refractivity contribution in [3.05, 3.63) is 0 Å². The molecule has 4 saturated heterocycles. The number of halogens is 4. The van der Waals surface area contributed by atoms with E-state index in [1.54, 1.807) is 25.7 Å². The molecule has 0 bridgehead atoms. The zero-order valence-electron chi connectivity index (χ0n) is 59.6. The van der Waals surface area contributed by atoms with Crippen molar-refractivity contribution in [1.29, 1.82) is 0 Å². The van der Waals surface area contributed by atoms with Crippen LogP contribution in [0.15, 0.2) is 0 Å². The monoisotopic (exact) mass is 1390 g/mol. The summed E-state index contributed by atoms with van der Waals surface area (Å²) in [6, 6.07) is -10.8. The third-order valence-electron chi connectivity index (χ3n) is 22.2. The summed E-state index contributed by atoms with van der Waals surface area (Å²) in [4.78, 5) is 191. The van der Waals surface area contributed by atoms with Gasteiger partial charge in [-0.05, 0) is 133 Å². The Hall–Kier alpha value is -6.28. The highest BCUT2D eigenvalue weighted by molar-refractivity contribution is 6.21. The van der Waals surface area contributed by atoms with Crippen molar-refractivity contribution in [1.82, 2.24) is 60.0 Å². The predicted molar refractivity (Wildman–Crippen MR) is 356 cm³/mol. The maximum Gasteiger partial charge on any atom is 0.393 e. The maximum atomic E-state index is 15.4. The minimum Gasteiger partial charge on any atom is -0.343 e. The number of amides is 12. The van der Waals surface area contributed by atoms with E-state index in [0.717, 1.165) is 24.2 Å². The van der Waals surface area contributed by atoms with E-state index in [-0.39, 0.29) is 101 Å². The summed E-state index contributed by atoms with van der Waals surface area (Å²) in [5.41, 5.74) is -1.56. The van der Waals surface area contributed by atoms with Crippen molar-refractivity contribution in [2.75, 3.05) is 75.0 Å². The summed E-state index contributed by atoms with van der Waals surface area (Å²) in [5, 5.41) is 7.56. The molecule has 0 aromatic carbocycles. The quantitative estimate of drug-likeness (QED) is 0.233. The fourth-order valence-electron chi connectivity index (χ4n) is 15.4. The number of likely N-dealkylation sites (tertiary alicyclic amines) is 1. The molecule has 24 nitrogen and oxygen atoms in total. The SMILES string of the molecule is CC[C@H](C)[C@@H]1NC(=O)[C@H](CC(C)C)N(C)C(=O)C[C@@H](C(=O)N2CCCCC2)N(C)C(=O)[C@H](C(C)C)N(C)C(=O)C2(CCCC2)NC(=O)[C@@H]2CCCN2C(=O)[C@H](CCC2CCC(C(F)(F)F)C(Cl)C2)NC(=O)CN(C)C(=O)[C@H](CC2CC2)N(C)C(=O)[C@@H]2CCN2C(=O)[C@H](C)N(C)C1=O. The molecule has 97 heavy (non-hydrogen) atoms. The summed E-state index contributed by atoms with van der Waals surface area (Å²) in [6.45, 7) is 12.7. The van der Waals surface area contributed by atoms with Crippen molar-refractivity contribution in [2.45, 2.75) is 255 Å². The lowest BCUT2D eigenvalue weighted by Gasteiger charge is -2.45. The number of rotatable bonds is 11. The minimum absolute atomic E-state index is 0.00104. The normalized spacial score (nSPS) is 31.2. The van der Waals surface area contributed by atoms with Crippen molar-refractivity contribution < 1.29 is 70.7 Å². The number of nitrogens with one attached hydrogen (secondary N) is 3. The lowest BCUT2D eigenvalue weighted by molar-refractivity contribution is -0.182. The Balaban J connectivity index is 1.26. The highest BCUT2D eigenvalue weighted by Crippen LogP contribution is 2.44. The third kappa shape index (κ3) is 18.4. The van der Waals surface area contributed by atoms with Crippen LogP contribution < -0.4 is 16.0 Å². The fraction of sp³-hybridized carbons (Fsp3) is 0.826. The number of nitrogens with zero attached hydrogens (tertiary/aromatic N) is 9. The van der Waals surface area contributed by atoms with E-state index in [1.807, 2.05) is 20.8 Å². The van der Waals surface area contributed by atoms with Gasteiger partial charge in [0.25, 0.3) is 0 Å². The van der Waals surface area contributed by atoms with Gasteiger partial charge in [0, 0.05) is 73.8 Å². The van der Waals surface area contributed by atoms with Crippen LogP contribution in [0.4, 0.5) is 13.2 Å². The van der Waals surface area contributed by atoms with E-state index in [9.17, 15) is 56.3 Å². The third-order valence-corrected chi connectivity index (χ3v) is 22.7. The first-order valence-electron chi connectivity index (χ1n) is 35.7. The molecule has 28 heteroatoms. The second-order valence-electron chi connectivity index (χ2n) is 30.0.